The summed E-state index contributed by atoms with van der Waals surface area (Å²) in [6.45, 7) is 0. The summed E-state index contributed by atoms with van der Waals surface area (Å²) in [4.78, 5) is 31.5. The van der Waals surface area contributed by atoms with Gasteiger partial charge in [0, 0.05) is 12.5 Å². The van der Waals surface area contributed by atoms with Crippen molar-refractivity contribution in [1.82, 2.24) is 0 Å². The largest absolute Gasteiger partial charge is 0.481 e. The van der Waals surface area contributed by atoms with Gasteiger partial charge in [0.15, 0.2) is 0 Å². The molecule has 3 N–H and O–H groups in total. The summed E-state index contributed by atoms with van der Waals surface area (Å²) in [5.41, 5.74) is -1.000. The van der Waals surface area contributed by atoms with Crippen molar-refractivity contribution in [2.45, 2.75) is 19.3 Å². The van der Waals surface area contributed by atoms with E-state index in [1.54, 1.807) is 0 Å². The highest BCUT2D eigenvalue weighted by Crippen LogP contribution is 2.31. The first-order valence-electron chi connectivity index (χ1n) is 5.31. The van der Waals surface area contributed by atoms with Crippen LogP contribution in [0, 0.1) is 10.1 Å². The Bertz CT molecular complexity index is 578. The fraction of sp³-hybridized carbons (Fsp3) is 0.300. The summed E-state index contributed by atoms with van der Waals surface area (Å²) in [6, 6.07) is 1.00. The normalized spacial score (nSPS) is 11.3. The number of hydrogen-bond donors (Lipinski definition) is 3. The number of hydrogen-bond acceptors (Lipinski definition) is 7. The van der Waals surface area contributed by atoms with Gasteiger partial charge in [-0.3, -0.25) is 14.9 Å². The van der Waals surface area contributed by atoms with E-state index in [-0.39, 0.29) is 34.7 Å². The van der Waals surface area contributed by atoms with Crippen molar-refractivity contribution in [3.63, 3.8) is 0 Å². The zero-order valence-electron chi connectivity index (χ0n) is 9.98. The van der Waals surface area contributed by atoms with Crippen LogP contribution >= 0.6 is 11.3 Å². The molecule has 0 unspecified atom stereocenters. The van der Waals surface area contributed by atoms with Gasteiger partial charge in [0.2, 0.25) is 5.71 Å². The third kappa shape index (κ3) is 3.75. The number of nitro groups is 1. The molecular formula is C10H10N2O7S. The quantitative estimate of drug-likeness (QED) is 0.297. The van der Waals surface area contributed by atoms with Crippen LogP contribution in [0.25, 0.3) is 0 Å². The van der Waals surface area contributed by atoms with E-state index in [1.807, 2.05) is 0 Å². The highest BCUT2D eigenvalue weighted by molar-refractivity contribution is 7.15. The molecule has 1 rings (SSSR count). The van der Waals surface area contributed by atoms with Gasteiger partial charge in [0.1, 0.15) is 0 Å². The number of rotatable bonds is 7. The summed E-state index contributed by atoms with van der Waals surface area (Å²) < 4.78 is 0. The molecule has 10 heteroatoms. The maximum Gasteiger partial charge on any atom is 0.359 e. The van der Waals surface area contributed by atoms with Gasteiger partial charge >= 0.3 is 11.9 Å². The smallest absolute Gasteiger partial charge is 0.359 e. The van der Waals surface area contributed by atoms with Crippen molar-refractivity contribution < 1.29 is 29.9 Å². The lowest BCUT2D eigenvalue weighted by Gasteiger charge is -1.95. The van der Waals surface area contributed by atoms with Crippen LogP contribution < -0.4 is 0 Å². The number of aryl methyl sites for hydroxylation is 1. The van der Waals surface area contributed by atoms with Crippen molar-refractivity contribution in [2.24, 2.45) is 5.16 Å². The number of oxime groups is 1. The highest BCUT2D eigenvalue weighted by atomic mass is 32.1. The fourth-order valence-electron chi connectivity index (χ4n) is 1.47. The monoisotopic (exact) mass is 302 g/mol. The zero-order valence-corrected chi connectivity index (χ0v) is 10.8. The van der Waals surface area contributed by atoms with E-state index >= 15 is 0 Å². The second kappa shape index (κ2) is 6.61. The molecule has 0 bridgehead atoms. The summed E-state index contributed by atoms with van der Waals surface area (Å²) in [7, 11) is 0. The van der Waals surface area contributed by atoms with Crippen LogP contribution in [0.2, 0.25) is 0 Å². The first-order chi connectivity index (χ1) is 9.36. The molecule has 0 spiro atoms. The molecule has 0 aliphatic rings. The van der Waals surface area contributed by atoms with Crippen LogP contribution in [-0.2, 0) is 16.0 Å². The zero-order chi connectivity index (χ0) is 15.3. The van der Waals surface area contributed by atoms with Gasteiger partial charge in [-0.25, -0.2) is 4.79 Å². The van der Waals surface area contributed by atoms with Crippen molar-refractivity contribution in [3.05, 3.63) is 25.9 Å². The van der Waals surface area contributed by atoms with Crippen LogP contribution in [-0.4, -0.2) is 38.0 Å². The van der Waals surface area contributed by atoms with Crippen LogP contribution in [0.3, 0.4) is 0 Å². The molecule has 9 nitrogen and oxygen atoms in total. The minimum Gasteiger partial charge on any atom is -0.481 e. The lowest BCUT2D eigenvalue weighted by Crippen LogP contribution is -2.12. The second-order valence-electron chi connectivity index (χ2n) is 3.68. The standard InChI is InChI=1S/C10H10N2O7S/c13-8(14)3-1-2-6-5(12(18)19)4-7(20-6)9(11-17)10(15)16/h4,17H,1-3H2,(H,13,14)(H,15,16)/b11-9-. The number of nitrogens with zero attached hydrogens (tertiary/aromatic N) is 2. The summed E-state index contributed by atoms with van der Waals surface area (Å²) in [5, 5.41) is 39.4. The Balaban J connectivity index is 3.04. The number of thiophene rings is 1. The van der Waals surface area contributed by atoms with Gasteiger partial charge in [-0.2, -0.15) is 0 Å². The predicted molar refractivity (Wildman–Crippen MR) is 67.5 cm³/mol. The van der Waals surface area contributed by atoms with E-state index in [1.165, 1.54) is 0 Å². The summed E-state index contributed by atoms with van der Waals surface area (Å²) in [5.74, 6) is -2.53. The number of carbonyl (C=O) groups is 2. The van der Waals surface area contributed by atoms with Gasteiger partial charge in [0.05, 0.1) is 14.7 Å². The molecule has 0 atom stereocenters. The summed E-state index contributed by atoms with van der Waals surface area (Å²) >= 11 is 0.794. The topological polar surface area (TPSA) is 150 Å². The first-order valence-corrected chi connectivity index (χ1v) is 6.13. The van der Waals surface area contributed by atoms with Crippen LogP contribution in [0.1, 0.15) is 22.6 Å². The van der Waals surface area contributed by atoms with Gasteiger partial charge < -0.3 is 15.4 Å². The molecule has 0 aromatic carbocycles. The van der Waals surface area contributed by atoms with E-state index in [0.29, 0.717) is 0 Å². The highest BCUT2D eigenvalue weighted by Gasteiger charge is 2.24. The Morgan fingerprint density at radius 2 is 2.05 bits per heavy atom. The first kappa shape index (κ1) is 15.6. The SMILES string of the molecule is O=C(O)CCCc1sc(/C(=N/O)C(=O)O)cc1[N+](=O)[O-]. The number of carboxylic acid groups (broad SMARTS) is 2. The van der Waals surface area contributed by atoms with Gasteiger partial charge in [-0.1, -0.05) is 5.16 Å². The Morgan fingerprint density at radius 1 is 1.40 bits per heavy atom. The van der Waals surface area contributed by atoms with Gasteiger partial charge in [-0.05, 0) is 12.8 Å². The van der Waals surface area contributed by atoms with Crippen molar-refractivity contribution in [2.75, 3.05) is 0 Å². The second-order valence-corrected chi connectivity index (χ2v) is 4.81. The van der Waals surface area contributed by atoms with E-state index in [4.69, 9.17) is 15.4 Å². The predicted octanol–water partition coefficient (Wildman–Crippen LogP) is 1.33. The molecule has 0 aliphatic heterocycles. The van der Waals surface area contributed by atoms with Gasteiger partial charge in [0.25, 0.3) is 5.69 Å². The van der Waals surface area contributed by atoms with Crippen LogP contribution in [0.5, 0.6) is 0 Å². The maximum atomic E-state index is 10.9. The number of aliphatic carboxylic acids is 2. The van der Waals surface area contributed by atoms with E-state index < -0.39 is 22.6 Å². The molecule has 1 aromatic heterocycles. The molecule has 108 valence electrons. The molecule has 0 saturated heterocycles. The molecule has 1 heterocycles. The third-order valence-electron chi connectivity index (χ3n) is 2.31. The molecule has 0 saturated carbocycles. The molecule has 20 heavy (non-hydrogen) atoms. The van der Waals surface area contributed by atoms with Crippen molar-refractivity contribution in [3.8, 4) is 0 Å². The minimum atomic E-state index is -1.51. The van der Waals surface area contributed by atoms with Gasteiger partial charge in [-0.15, -0.1) is 11.3 Å². The van der Waals surface area contributed by atoms with E-state index in [0.717, 1.165) is 17.4 Å². The average molecular weight is 302 g/mol. The molecule has 0 fully saturated rings. The molecule has 1 aromatic rings. The fourth-order valence-corrected chi connectivity index (χ4v) is 2.61. The third-order valence-corrected chi connectivity index (χ3v) is 3.50. The Morgan fingerprint density at radius 3 is 2.50 bits per heavy atom. The maximum absolute atomic E-state index is 10.9. The Kier molecular flexibility index (Phi) is 5.15. The van der Waals surface area contributed by atoms with Crippen LogP contribution in [0.4, 0.5) is 5.69 Å². The molecule has 0 radical (unpaired) electrons. The number of carboxylic acids is 2. The van der Waals surface area contributed by atoms with E-state index in [2.05, 4.69) is 5.16 Å². The molecule has 0 amide bonds. The van der Waals surface area contributed by atoms with Crippen molar-refractivity contribution >= 4 is 34.7 Å². The summed E-state index contributed by atoms with van der Waals surface area (Å²) in [6.07, 6.45) is 0.171. The van der Waals surface area contributed by atoms with E-state index in [9.17, 15) is 19.7 Å². The van der Waals surface area contributed by atoms with Crippen LogP contribution in [0.15, 0.2) is 11.2 Å². The Hall–Kier alpha value is -2.49. The van der Waals surface area contributed by atoms with Crippen molar-refractivity contribution in [1.29, 1.82) is 0 Å². The molecule has 0 aliphatic carbocycles. The lowest BCUT2D eigenvalue weighted by atomic mass is 10.2. The minimum absolute atomic E-state index is 0.0583. The lowest BCUT2D eigenvalue weighted by molar-refractivity contribution is -0.385. The average Bonchev–Trinajstić information content (AvgIpc) is 2.73. The molecular weight excluding hydrogens is 292 g/mol. The Labute approximate surface area is 115 Å².